The number of hydrogen-bond acceptors (Lipinski definition) is 7. The molecule has 2 atom stereocenters. The zero-order valence-corrected chi connectivity index (χ0v) is 20.1. The number of hydrogen-bond donors (Lipinski definition) is 0. The van der Waals surface area contributed by atoms with Gasteiger partial charge in [0.05, 0.1) is 25.5 Å². The summed E-state index contributed by atoms with van der Waals surface area (Å²) in [6, 6.07) is 5.40. The smallest absolute Gasteiger partial charge is 0.414 e. The number of ether oxygens (including phenoxy) is 3. The fourth-order valence-electron chi connectivity index (χ4n) is 4.40. The predicted octanol–water partition coefficient (Wildman–Crippen LogP) is 4.93. The van der Waals surface area contributed by atoms with Crippen molar-refractivity contribution in [3.8, 4) is 11.1 Å². The summed E-state index contributed by atoms with van der Waals surface area (Å²) >= 11 is 0. The lowest BCUT2D eigenvalue weighted by molar-refractivity contribution is 0.00465. The molecule has 1 aliphatic rings. The summed E-state index contributed by atoms with van der Waals surface area (Å²) in [5, 5.41) is 4.89. The quantitative estimate of drug-likeness (QED) is 0.453. The first-order valence-electron chi connectivity index (χ1n) is 11.8. The van der Waals surface area contributed by atoms with Gasteiger partial charge in [-0.2, -0.15) is 5.10 Å². The molecule has 1 aliphatic heterocycles. The molecule has 3 heterocycles. The van der Waals surface area contributed by atoms with Crippen LogP contribution in [0.5, 0.6) is 0 Å². The molecule has 0 bridgehead atoms. The Morgan fingerprint density at radius 2 is 1.97 bits per heavy atom. The Kier molecular flexibility index (Phi) is 7.21. The van der Waals surface area contributed by atoms with Crippen molar-refractivity contribution in [1.29, 1.82) is 0 Å². The number of amides is 1. The molecular weight excluding hydrogens is 438 g/mol. The van der Waals surface area contributed by atoms with Crippen LogP contribution in [0.25, 0.3) is 22.1 Å². The molecule has 1 amide bonds. The van der Waals surface area contributed by atoms with Gasteiger partial charge < -0.3 is 18.6 Å². The Bertz CT molecular complexity index is 1170. The van der Waals surface area contributed by atoms with Crippen LogP contribution in [0.4, 0.5) is 10.5 Å². The third kappa shape index (κ3) is 4.65. The minimum Gasteiger partial charge on any atom is -0.460 e. The number of rotatable bonds is 7. The predicted molar refractivity (Wildman–Crippen MR) is 127 cm³/mol. The molecule has 1 aromatic carbocycles. The van der Waals surface area contributed by atoms with Crippen molar-refractivity contribution in [2.45, 2.75) is 52.2 Å². The third-order valence-corrected chi connectivity index (χ3v) is 6.03. The lowest BCUT2D eigenvalue weighted by Crippen LogP contribution is -2.46. The summed E-state index contributed by atoms with van der Waals surface area (Å²) in [5.74, 6) is -0.627. The van der Waals surface area contributed by atoms with Gasteiger partial charge in [-0.15, -0.1) is 0 Å². The fourth-order valence-corrected chi connectivity index (χ4v) is 4.40. The Morgan fingerprint density at radius 1 is 1.18 bits per heavy atom. The maximum absolute atomic E-state index is 13.3. The number of benzene rings is 1. The summed E-state index contributed by atoms with van der Waals surface area (Å²) in [7, 11) is 1.85. The summed E-state index contributed by atoms with van der Waals surface area (Å²) in [4.78, 5) is 27.8. The Hall–Kier alpha value is -3.33. The summed E-state index contributed by atoms with van der Waals surface area (Å²) in [6.07, 6.45) is 5.24. The van der Waals surface area contributed by atoms with Crippen molar-refractivity contribution in [2.75, 3.05) is 24.7 Å². The molecule has 0 N–H and O–H groups in total. The number of anilines is 1. The molecule has 9 nitrogen and oxygen atoms in total. The molecule has 182 valence electrons. The van der Waals surface area contributed by atoms with Crippen molar-refractivity contribution in [3.05, 3.63) is 36.4 Å². The number of esters is 1. The van der Waals surface area contributed by atoms with Crippen LogP contribution >= 0.6 is 0 Å². The van der Waals surface area contributed by atoms with Gasteiger partial charge in [0.1, 0.15) is 11.3 Å². The Labute approximate surface area is 198 Å². The molecular formula is C25H31N3O6. The normalized spacial score (nSPS) is 18.1. The number of aryl methyl sites for hydroxylation is 1. The molecule has 0 unspecified atom stereocenters. The van der Waals surface area contributed by atoms with Gasteiger partial charge in [-0.05, 0) is 50.8 Å². The first-order valence-corrected chi connectivity index (χ1v) is 11.8. The SMILES string of the molecule is CCOC(=O)c1oc2ccc(-c3cnn(C)c3)cc2c1N(C(=O)OCC)[C@H]1CCO[C@@H](CC)C1. The van der Waals surface area contributed by atoms with Crippen LogP contribution in [0.1, 0.15) is 50.6 Å². The second-order valence-corrected chi connectivity index (χ2v) is 8.26. The number of fused-ring (bicyclic) bond motifs is 1. The Balaban J connectivity index is 1.90. The molecule has 0 spiro atoms. The van der Waals surface area contributed by atoms with Gasteiger partial charge >= 0.3 is 12.1 Å². The average molecular weight is 470 g/mol. The topological polar surface area (TPSA) is 96.0 Å². The second-order valence-electron chi connectivity index (χ2n) is 8.26. The van der Waals surface area contributed by atoms with Crippen LogP contribution in [-0.4, -0.2) is 53.8 Å². The minimum absolute atomic E-state index is 0.00669. The van der Waals surface area contributed by atoms with Crippen LogP contribution in [0.15, 0.2) is 35.0 Å². The molecule has 4 rings (SSSR count). The van der Waals surface area contributed by atoms with Crippen LogP contribution < -0.4 is 4.90 Å². The third-order valence-electron chi connectivity index (χ3n) is 6.03. The van der Waals surface area contributed by atoms with E-state index < -0.39 is 12.1 Å². The number of carbonyl (C=O) groups excluding carboxylic acids is 2. The molecule has 2 aromatic heterocycles. The van der Waals surface area contributed by atoms with E-state index in [1.54, 1.807) is 35.7 Å². The van der Waals surface area contributed by atoms with E-state index in [0.29, 0.717) is 36.1 Å². The highest BCUT2D eigenvalue weighted by atomic mass is 16.6. The maximum Gasteiger partial charge on any atom is 0.414 e. The average Bonchev–Trinajstić information content (AvgIpc) is 3.43. The van der Waals surface area contributed by atoms with Gasteiger partial charge in [-0.3, -0.25) is 9.58 Å². The molecule has 0 saturated carbocycles. The fraction of sp³-hybridized carbons (Fsp3) is 0.480. The largest absolute Gasteiger partial charge is 0.460 e. The number of carbonyl (C=O) groups is 2. The Morgan fingerprint density at radius 3 is 2.65 bits per heavy atom. The second kappa shape index (κ2) is 10.3. The minimum atomic E-state index is -0.620. The molecule has 0 radical (unpaired) electrons. The van der Waals surface area contributed by atoms with E-state index in [9.17, 15) is 9.59 Å². The molecule has 1 fully saturated rings. The van der Waals surface area contributed by atoms with Crippen molar-refractivity contribution >= 4 is 28.7 Å². The van der Waals surface area contributed by atoms with E-state index in [4.69, 9.17) is 18.6 Å². The number of nitrogens with zero attached hydrogens (tertiary/aromatic N) is 3. The lowest BCUT2D eigenvalue weighted by Gasteiger charge is -2.36. The van der Waals surface area contributed by atoms with Crippen molar-refractivity contribution < 1.29 is 28.2 Å². The van der Waals surface area contributed by atoms with E-state index >= 15 is 0 Å². The van der Waals surface area contributed by atoms with Crippen LogP contribution in [0.2, 0.25) is 0 Å². The lowest BCUT2D eigenvalue weighted by atomic mass is 9.98. The van der Waals surface area contributed by atoms with Gasteiger partial charge in [-0.1, -0.05) is 13.0 Å². The van der Waals surface area contributed by atoms with Crippen molar-refractivity contribution in [2.24, 2.45) is 7.05 Å². The highest BCUT2D eigenvalue weighted by Crippen LogP contribution is 2.40. The number of aromatic nitrogens is 2. The first kappa shape index (κ1) is 23.8. The van der Waals surface area contributed by atoms with Crippen molar-refractivity contribution in [3.63, 3.8) is 0 Å². The molecule has 0 aliphatic carbocycles. The molecule has 34 heavy (non-hydrogen) atoms. The zero-order valence-electron chi connectivity index (χ0n) is 20.1. The van der Waals surface area contributed by atoms with E-state index in [1.807, 2.05) is 25.4 Å². The van der Waals surface area contributed by atoms with Crippen LogP contribution in [0.3, 0.4) is 0 Å². The standard InChI is InChI=1S/C25H31N3O6/c1-5-19-13-18(10-11-33-19)28(25(30)32-7-3)22-20-12-16(17-14-26-27(4)15-17)8-9-21(20)34-23(22)24(29)31-6-2/h8-9,12,14-15,18-19H,5-7,10-11,13H2,1-4H3/t18-,19-/m0/s1. The van der Waals surface area contributed by atoms with Gasteiger partial charge in [0.2, 0.25) is 5.76 Å². The van der Waals surface area contributed by atoms with E-state index in [1.165, 1.54) is 0 Å². The zero-order chi connectivity index (χ0) is 24.2. The van der Waals surface area contributed by atoms with Crippen LogP contribution in [-0.2, 0) is 21.3 Å². The van der Waals surface area contributed by atoms with E-state index in [2.05, 4.69) is 12.0 Å². The molecule has 1 saturated heterocycles. The van der Waals surface area contributed by atoms with Gasteiger partial charge in [0, 0.05) is 36.8 Å². The highest BCUT2D eigenvalue weighted by Gasteiger charge is 2.37. The summed E-state index contributed by atoms with van der Waals surface area (Å²) in [6.45, 7) is 6.46. The van der Waals surface area contributed by atoms with Gasteiger partial charge in [0.25, 0.3) is 0 Å². The van der Waals surface area contributed by atoms with E-state index in [0.717, 1.165) is 17.5 Å². The first-order chi connectivity index (χ1) is 16.5. The monoisotopic (exact) mass is 469 g/mol. The van der Waals surface area contributed by atoms with Gasteiger partial charge in [0.15, 0.2) is 0 Å². The maximum atomic E-state index is 13.3. The van der Waals surface area contributed by atoms with Gasteiger partial charge in [-0.25, -0.2) is 9.59 Å². The summed E-state index contributed by atoms with van der Waals surface area (Å²) < 4.78 is 24.3. The van der Waals surface area contributed by atoms with E-state index in [-0.39, 0.29) is 31.1 Å². The summed E-state index contributed by atoms with van der Waals surface area (Å²) in [5.41, 5.74) is 2.66. The van der Waals surface area contributed by atoms with Crippen molar-refractivity contribution in [1.82, 2.24) is 9.78 Å². The molecule has 3 aromatic rings. The van der Waals surface area contributed by atoms with Crippen LogP contribution in [0, 0.1) is 0 Å². The number of furan rings is 1. The highest BCUT2D eigenvalue weighted by molar-refractivity contribution is 6.10. The molecule has 9 heteroatoms.